The van der Waals surface area contributed by atoms with Gasteiger partial charge >= 0.3 is 11.8 Å². The first-order valence-electron chi connectivity index (χ1n) is 8.89. The van der Waals surface area contributed by atoms with Gasteiger partial charge in [0.15, 0.2) is 0 Å². The van der Waals surface area contributed by atoms with Gasteiger partial charge in [-0.25, -0.2) is 0 Å². The largest absolute Gasteiger partial charge is 0.348 e. The first-order valence-corrected chi connectivity index (χ1v) is 8.89. The zero-order chi connectivity index (χ0) is 18.9. The number of carbonyl (C=O) groups is 3. The van der Waals surface area contributed by atoms with Crippen LogP contribution in [0.1, 0.15) is 42.2 Å². The predicted molar refractivity (Wildman–Crippen MR) is 96.8 cm³/mol. The molecule has 1 aliphatic rings. The molecule has 0 fully saturated rings. The second-order valence-electron chi connectivity index (χ2n) is 5.97. The number of hydrogen-bond donors (Lipinski definition) is 2. The fourth-order valence-corrected chi connectivity index (χ4v) is 2.77. The van der Waals surface area contributed by atoms with Gasteiger partial charge in [-0.3, -0.25) is 14.4 Å². The third-order valence-corrected chi connectivity index (χ3v) is 4.33. The highest BCUT2D eigenvalue weighted by Gasteiger charge is 2.24. The zero-order valence-corrected chi connectivity index (χ0v) is 15.2. The van der Waals surface area contributed by atoms with Crippen molar-refractivity contribution in [3.05, 3.63) is 35.4 Å². The van der Waals surface area contributed by atoms with Crippen LogP contribution in [0.15, 0.2) is 34.5 Å². The molecular weight excluding hydrogens is 334 g/mol. The fraction of sp³-hybridized carbons (Fsp3) is 0.500. The van der Waals surface area contributed by atoms with Gasteiger partial charge in [0.1, 0.15) is 6.04 Å². The molecule has 2 N–H and O–H groups in total. The summed E-state index contributed by atoms with van der Waals surface area (Å²) < 4.78 is 0. The van der Waals surface area contributed by atoms with Crippen LogP contribution in [0.5, 0.6) is 0 Å². The van der Waals surface area contributed by atoms with Crippen LogP contribution >= 0.6 is 0 Å². The molecule has 0 radical (unpaired) electrons. The number of amides is 3. The smallest absolute Gasteiger partial charge is 0.309 e. The number of benzene rings is 1. The highest BCUT2D eigenvalue weighted by Crippen LogP contribution is 2.26. The van der Waals surface area contributed by atoms with Crippen LogP contribution in [0.25, 0.3) is 0 Å². The molecule has 0 saturated carbocycles. The zero-order valence-electron chi connectivity index (χ0n) is 15.2. The lowest BCUT2D eigenvalue weighted by Crippen LogP contribution is -2.42. The third kappa shape index (κ3) is 5.19. The van der Waals surface area contributed by atoms with E-state index in [0.29, 0.717) is 17.7 Å². The van der Waals surface area contributed by atoms with Crippen LogP contribution in [0.3, 0.4) is 0 Å². The average Bonchev–Trinajstić information content (AvgIpc) is 2.67. The van der Waals surface area contributed by atoms with Crippen LogP contribution < -0.4 is 10.6 Å². The molecule has 1 aromatic rings. The normalized spacial score (nSPS) is 15.7. The number of nitrogens with one attached hydrogen (secondary N) is 2. The summed E-state index contributed by atoms with van der Waals surface area (Å²) in [4.78, 5) is 37.7. The Morgan fingerprint density at radius 1 is 1.12 bits per heavy atom. The van der Waals surface area contributed by atoms with Crippen molar-refractivity contribution in [2.75, 3.05) is 32.7 Å². The summed E-state index contributed by atoms with van der Waals surface area (Å²) in [5.74, 6) is -1.77. The third-order valence-electron chi connectivity index (χ3n) is 4.33. The molecule has 8 nitrogen and oxygen atoms in total. The Morgan fingerprint density at radius 2 is 1.81 bits per heavy atom. The first-order chi connectivity index (χ1) is 12.6. The Labute approximate surface area is 153 Å². The second-order valence-corrected chi connectivity index (χ2v) is 5.97. The van der Waals surface area contributed by atoms with E-state index in [1.807, 2.05) is 0 Å². The van der Waals surface area contributed by atoms with Crippen molar-refractivity contribution >= 4 is 17.7 Å². The summed E-state index contributed by atoms with van der Waals surface area (Å²) in [5.41, 5.74) is 1.18. The Kier molecular flexibility index (Phi) is 7.40. The molecule has 1 heterocycles. The van der Waals surface area contributed by atoms with Gasteiger partial charge in [-0.05, 0) is 37.7 Å². The summed E-state index contributed by atoms with van der Waals surface area (Å²) in [5, 5.41) is 12.7. The molecular formula is C18H25N5O3. The maximum Gasteiger partial charge on any atom is 0.309 e. The number of carbonyl (C=O) groups excluding carboxylic acids is 3. The van der Waals surface area contributed by atoms with Crippen LogP contribution in [-0.2, 0) is 9.59 Å². The van der Waals surface area contributed by atoms with Gasteiger partial charge in [0, 0.05) is 18.7 Å². The van der Waals surface area contributed by atoms with Crippen molar-refractivity contribution < 1.29 is 14.4 Å². The van der Waals surface area contributed by atoms with Crippen LogP contribution in [0, 0.1) is 0 Å². The molecule has 1 aromatic carbocycles. The molecule has 0 bridgehead atoms. The summed E-state index contributed by atoms with van der Waals surface area (Å²) in [6.07, 6.45) is 0.785. The molecule has 2 rings (SSSR count). The van der Waals surface area contributed by atoms with Gasteiger partial charge in [0.05, 0.1) is 0 Å². The van der Waals surface area contributed by atoms with E-state index in [1.165, 1.54) is 0 Å². The number of fused-ring (bicyclic) bond motifs is 1. The molecule has 140 valence electrons. The molecule has 0 aromatic heterocycles. The van der Waals surface area contributed by atoms with Crippen molar-refractivity contribution in [2.45, 2.75) is 26.3 Å². The SMILES string of the molecule is CCN(CC)CCCNC(=O)C(=O)NCC1N=NC(=O)c2ccccc21. The minimum absolute atomic E-state index is 0.111. The van der Waals surface area contributed by atoms with Crippen molar-refractivity contribution in [1.82, 2.24) is 15.5 Å². The van der Waals surface area contributed by atoms with Gasteiger partial charge in [-0.15, -0.1) is 5.11 Å². The highest BCUT2D eigenvalue weighted by atomic mass is 16.2. The van der Waals surface area contributed by atoms with E-state index >= 15 is 0 Å². The number of azo groups is 1. The number of nitrogens with zero attached hydrogens (tertiary/aromatic N) is 3. The first kappa shape index (κ1) is 19.7. The topological polar surface area (TPSA) is 103 Å². The molecule has 0 saturated heterocycles. The van der Waals surface area contributed by atoms with Gasteiger partial charge in [0.25, 0.3) is 5.91 Å². The molecule has 8 heteroatoms. The van der Waals surface area contributed by atoms with E-state index in [9.17, 15) is 14.4 Å². The van der Waals surface area contributed by atoms with E-state index in [-0.39, 0.29) is 6.54 Å². The van der Waals surface area contributed by atoms with E-state index in [4.69, 9.17) is 0 Å². The lowest BCUT2D eigenvalue weighted by atomic mass is 9.99. The van der Waals surface area contributed by atoms with Crippen LogP contribution in [0.4, 0.5) is 0 Å². The Balaban J connectivity index is 1.77. The summed E-state index contributed by atoms with van der Waals surface area (Å²) in [6, 6.07) is 6.52. The van der Waals surface area contributed by atoms with E-state index in [1.54, 1.807) is 24.3 Å². The molecule has 1 unspecified atom stereocenters. The fourth-order valence-electron chi connectivity index (χ4n) is 2.77. The van der Waals surface area contributed by atoms with Gasteiger partial charge < -0.3 is 15.5 Å². The van der Waals surface area contributed by atoms with E-state index in [2.05, 4.69) is 39.6 Å². The quantitative estimate of drug-likeness (QED) is 0.539. The maximum atomic E-state index is 11.9. The molecule has 1 atom stereocenters. The molecule has 0 spiro atoms. The summed E-state index contributed by atoms with van der Waals surface area (Å²) in [6.45, 7) is 7.54. The Hall–Kier alpha value is -2.61. The standard InChI is InChI=1S/C18H25N5O3/c1-3-23(4-2)11-7-10-19-17(25)18(26)20-12-15-13-8-5-6-9-14(13)16(24)22-21-15/h5-6,8-9,15H,3-4,7,10-12H2,1-2H3,(H,19,25)(H,20,26). The minimum atomic E-state index is -0.711. The monoisotopic (exact) mass is 359 g/mol. The number of hydrogen-bond acceptors (Lipinski definition) is 5. The summed E-state index contributed by atoms with van der Waals surface area (Å²) in [7, 11) is 0. The van der Waals surface area contributed by atoms with Crippen molar-refractivity contribution in [3.63, 3.8) is 0 Å². The Morgan fingerprint density at radius 3 is 2.54 bits per heavy atom. The minimum Gasteiger partial charge on any atom is -0.348 e. The van der Waals surface area contributed by atoms with Crippen LogP contribution in [-0.4, -0.2) is 55.3 Å². The van der Waals surface area contributed by atoms with E-state index < -0.39 is 23.8 Å². The Bertz CT molecular complexity index is 685. The maximum absolute atomic E-state index is 11.9. The second kappa shape index (κ2) is 9.76. The molecule has 26 heavy (non-hydrogen) atoms. The molecule has 3 amide bonds. The van der Waals surface area contributed by atoms with Gasteiger partial charge in [-0.2, -0.15) is 5.11 Å². The van der Waals surface area contributed by atoms with Crippen LogP contribution in [0.2, 0.25) is 0 Å². The highest BCUT2D eigenvalue weighted by molar-refractivity contribution is 6.35. The average molecular weight is 359 g/mol. The number of rotatable bonds is 8. The van der Waals surface area contributed by atoms with E-state index in [0.717, 1.165) is 26.1 Å². The summed E-state index contributed by atoms with van der Waals surface area (Å²) >= 11 is 0. The predicted octanol–water partition coefficient (Wildman–Crippen LogP) is 1.30. The van der Waals surface area contributed by atoms with Crippen molar-refractivity contribution in [3.8, 4) is 0 Å². The molecule has 1 aliphatic heterocycles. The van der Waals surface area contributed by atoms with Gasteiger partial charge in [-0.1, -0.05) is 32.0 Å². The van der Waals surface area contributed by atoms with Gasteiger partial charge in [0.2, 0.25) is 0 Å². The lowest BCUT2D eigenvalue weighted by molar-refractivity contribution is -0.139. The molecule has 0 aliphatic carbocycles. The lowest BCUT2D eigenvalue weighted by Gasteiger charge is -2.18. The van der Waals surface area contributed by atoms with Crippen molar-refractivity contribution in [1.29, 1.82) is 0 Å². The van der Waals surface area contributed by atoms with Crippen molar-refractivity contribution in [2.24, 2.45) is 10.2 Å².